The summed E-state index contributed by atoms with van der Waals surface area (Å²) in [5.74, 6) is 0. The van der Waals surface area contributed by atoms with Crippen LogP contribution in [0.3, 0.4) is 0 Å². The highest BCUT2D eigenvalue weighted by Crippen LogP contribution is 2.23. The van der Waals surface area contributed by atoms with Crippen molar-refractivity contribution in [3.63, 3.8) is 0 Å². The van der Waals surface area contributed by atoms with Gasteiger partial charge in [0.15, 0.2) is 4.96 Å². The van der Waals surface area contributed by atoms with Gasteiger partial charge in [-0.1, -0.05) is 24.3 Å². The third kappa shape index (κ3) is 2.41. The van der Waals surface area contributed by atoms with Crippen LogP contribution in [0.15, 0.2) is 35.8 Å². The van der Waals surface area contributed by atoms with Crippen LogP contribution in [0.2, 0.25) is 0 Å². The molecule has 0 bridgehead atoms. The predicted octanol–water partition coefficient (Wildman–Crippen LogP) is 3.56. The number of imidazole rings is 1. The molecule has 3 rings (SSSR count). The molecule has 1 aromatic carbocycles. The number of hydrogen-bond acceptors (Lipinski definition) is 3. The molecule has 2 aromatic heterocycles. The van der Waals surface area contributed by atoms with Crippen molar-refractivity contribution in [3.05, 3.63) is 47.1 Å². The molecule has 0 aliphatic heterocycles. The Morgan fingerprint density at radius 2 is 2.05 bits per heavy atom. The van der Waals surface area contributed by atoms with Crippen molar-refractivity contribution < 1.29 is 4.74 Å². The molecule has 0 atom stereocenters. The van der Waals surface area contributed by atoms with Crippen LogP contribution in [0, 0.1) is 6.92 Å². The molecule has 0 amide bonds. The highest BCUT2D eigenvalue weighted by molar-refractivity contribution is 7.15. The maximum atomic E-state index is 5.09. The van der Waals surface area contributed by atoms with E-state index in [-0.39, 0.29) is 0 Å². The molecule has 2 heterocycles. The van der Waals surface area contributed by atoms with Crippen molar-refractivity contribution >= 4 is 16.3 Å². The van der Waals surface area contributed by atoms with Gasteiger partial charge in [0.25, 0.3) is 0 Å². The Kier molecular flexibility index (Phi) is 3.36. The zero-order valence-electron chi connectivity index (χ0n) is 11.1. The second-order valence-electron chi connectivity index (χ2n) is 4.60. The largest absolute Gasteiger partial charge is 0.384 e. The standard InChI is InChI=1S/C15H16N2OS/c1-11-10-19-15-16-14(9-17(11)15)13-5-3-12(4-6-13)7-8-18-2/h3-6,9-10H,7-8H2,1-2H3. The summed E-state index contributed by atoms with van der Waals surface area (Å²) in [6.07, 6.45) is 3.06. The van der Waals surface area contributed by atoms with Crippen LogP contribution < -0.4 is 0 Å². The third-order valence-electron chi connectivity index (χ3n) is 3.23. The molecule has 0 N–H and O–H groups in total. The molecule has 98 valence electrons. The second kappa shape index (κ2) is 5.15. The highest BCUT2D eigenvalue weighted by Gasteiger charge is 2.07. The summed E-state index contributed by atoms with van der Waals surface area (Å²) in [4.78, 5) is 5.70. The Labute approximate surface area is 116 Å². The van der Waals surface area contributed by atoms with Crippen molar-refractivity contribution in [2.45, 2.75) is 13.3 Å². The van der Waals surface area contributed by atoms with Crippen LogP contribution in [0.5, 0.6) is 0 Å². The average molecular weight is 272 g/mol. The lowest BCUT2D eigenvalue weighted by Crippen LogP contribution is -1.93. The number of rotatable bonds is 4. The first-order valence-electron chi connectivity index (χ1n) is 6.29. The smallest absolute Gasteiger partial charge is 0.194 e. The van der Waals surface area contributed by atoms with Crippen LogP contribution in [0.1, 0.15) is 11.3 Å². The Morgan fingerprint density at radius 3 is 2.74 bits per heavy atom. The topological polar surface area (TPSA) is 26.5 Å². The molecule has 0 radical (unpaired) electrons. The van der Waals surface area contributed by atoms with Gasteiger partial charge in [0.1, 0.15) is 0 Å². The molecule has 19 heavy (non-hydrogen) atoms. The van der Waals surface area contributed by atoms with E-state index in [2.05, 4.69) is 52.2 Å². The predicted molar refractivity (Wildman–Crippen MR) is 78.8 cm³/mol. The second-order valence-corrected chi connectivity index (χ2v) is 5.43. The number of thiazole rings is 1. The van der Waals surface area contributed by atoms with E-state index < -0.39 is 0 Å². The summed E-state index contributed by atoms with van der Waals surface area (Å²) in [6, 6.07) is 8.56. The molecule has 0 aliphatic rings. The van der Waals surface area contributed by atoms with Crippen molar-refractivity contribution in [1.82, 2.24) is 9.38 Å². The molecule has 3 aromatic rings. The fourth-order valence-electron chi connectivity index (χ4n) is 2.10. The quantitative estimate of drug-likeness (QED) is 0.726. The third-order valence-corrected chi connectivity index (χ3v) is 4.19. The van der Waals surface area contributed by atoms with Gasteiger partial charge in [-0.3, -0.25) is 4.40 Å². The maximum Gasteiger partial charge on any atom is 0.194 e. The van der Waals surface area contributed by atoms with Crippen molar-refractivity contribution in [3.8, 4) is 11.3 Å². The molecule has 0 aliphatic carbocycles. The van der Waals surface area contributed by atoms with E-state index >= 15 is 0 Å². The Balaban J connectivity index is 1.88. The number of aryl methyl sites for hydroxylation is 1. The highest BCUT2D eigenvalue weighted by atomic mass is 32.1. The van der Waals surface area contributed by atoms with E-state index in [1.54, 1.807) is 18.4 Å². The minimum atomic E-state index is 0.763. The number of aromatic nitrogens is 2. The van der Waals surface area contributed by atoms with Gasteiger partial charge in [0, 0.05) is 29.9 Å². The van der Waals surface area contributed by atoms with E-state index in [9.17, 15) is 0 Å². The van der Waals surface area contributed by atoms with Gasteiger partial charge in [-0.15, -0.1) is 11.3 Å². The van der Waals surface area contributed by atoms with Gasteiger partial charge in [-0.2, -0.15) is 0 Å². The Bertz CT molecular complexity index is 682. The lowest BCUT2D eigenvalue weighted by molar-refractivity contribution is 0.202. The number of methoxy groups -OCH3 is 1. The lowest BCUT2D eigenvalue weighted by atomic mass is 10.1. The van der Waals surface area contributed by atoms with Gasteiger partial charge >= 0.3 is 0 Å². The van der Waals surface area contributed by atoms with E-state index in [1.807, 2.05) is 0 Å². The summed E-state index contributed by atoms with van der Waals surface area (Å²) in [5.41, 5.74) is 4.72. The number of ether oxygens (including phenoxy) is 1. The van der Waals surface area contributed by atoms with Gasteiger partial charge in [0.05, 0.1) is 12.3 Å². The Hall–Kier alpha value is -1.65. The normalized spacial score (nSPS) is 11.3. The van der Waals surface area contributed by atoms with E-state index in [4.69, 9.17) is 4.74 Å². The van der Waals surface area contributed by atoms with Gasteiger partial charge in [-0.25, -0.2) is 4.98 Å². The van der Waals surface area contributed by atoms with E-state index in [1.165, 1.54) is 11.3 Å². The van der Waals surface area contributed by atoms with Crippen molar-refractivity contribution in [2.24, 2.45) is 0 Å². The molecular formula is C15H16N2OS. The molecule has 3 nitrogen and oxygen atoms in total. The SMILES string of the molecule is COCCc1ccc(-c2cn3c(C)csc3n2)cc1. The molecule has 0 fully saturated rings. The number of fused-ring (bicyclic) bond motifs is 1. The first-order valence-corrected chi connectivity index (χ1v) is 7.17. The summed E-state index contributed by atoms with van der Waals surface area (Å²) in [6.45, 7) is 2.86. The van der Waals surface area contributed by atoms with Crippen LogP contribution in [0.25, 0.3) is 16.2 Å². The van der Waals surface area contributed by atoms with Crippen LogP contribution in [0.4, 0.5) is 0 Å². The van der Waals surface area contributed by atoms with E-state index in [0.29, 0.717) is 0 Å². The van der Waals surface area contributed by atoms with Gasteiger partial charge < -0.3 is 4.74 Å². The molecule has 0 spiro atoms. The Morgan fingerprint density at radius 1 is 1.26 bits per heavy atom. The fourth-order valence-corrected chi connectivity index (χ4v) is 2.95. The van der Waals surface area contributed by atoms with Gasteiger partial charge in [-0.05, 0) is 18.9 Å². The minimum absolute atomic E-state index is 0.763. The number of benzene rings is 1. The van der Waals surface area contributed by atoms with Gasteiger partial charge in [0.2, 0.25) is 0 Å². The summed E-state index contributed by atoms with van der Waals surface area (Å²) < 4.78 is 7.23. The molecule has 0 unspecified atom stereocenters. The number of nitrogens with zero attached hydrogens (tertiary/aromatic N) is 2. The number of hydrogen-bond donors (Lipinski definition) is 0. The summed E-state index contributed by atoms with van der Waals surface area (Å²) in [7, 11) is 1.73. The zero-order valence-corrected chi connectivity index (χ0v) is 11.9. The minimum Gasteiger partial charge on any atom is -0.384 e. The van der Waals surface area contributed by atoms with E-state index in [0.717, 1.165) is 29.2 Å². The molecule has 4 heteroatoms. The average Bonchev–Trinajstić information content (AvgIpc) is 3.00. The summed E-state index contributed by atoms with van der Waals surface area (Å²) in [5, 5.41) is 2.12. The molecular weight excluding hydrogens is 256 g/mol. The molecule has 0 saturated heterocycles. The first-order chi connectivity index (χ1) is 9.28. The monoisotopic (exact) mass is 272 g/mol. The molecule has 0 saturated carbocycles. The maximum absolute atomic E-state index is 5.09. The van der Waals surface area contributed by atoms with Crippen molar-refractivity contribution in [2.75, 3.05) is 13.7 Å². The fraction of sp³-hybridized carbons (Fsp3) is 0.267. The zero-order chi connectivity index (χ0) is 13.2. The first kappa shape index (κ1) is 12.4. The van der Waals surface area contributed by atoms with Crippen molar-refractivity contribution in [1.29, 1.82) is 0 Å². The van der Waals surface area contributed by atoms with Crippen LogP contribution >= 0.6 is 11.3 Å². The van der Waals surface area contributed by atoms with Crippen LogP contribution in [-0.4, -0.2) is 23.1 Å². The van der Waals surface area contributed by atoms with Crippen LogP contribution in [-0.2, 0) is 11.2 Å². The lowest BCUT2D eigenvalue weighted by Gasteiger charge is -2.01. The summed E-state index contributed by atoms with van der Waals surface area (Å²) >= 11 is 1.68.